The molecule has 4 unspecified atom stereocenters. The average molecular weight is 240 g/mol. The van der Waals surface area contributed by atoms with Gasteiger partial charge in [0, 0.05) is 12.1 Å². The van der Waals surface area contributed by atoms with Crippen LogP contribution in [0.2, 0.25) is 0 Å². The van der Waals surface area contributed by atoms with Crippen molar-refractivity contribution in [3.8, 4) is 0 Å². The fourth-order valence-electron chi connectivity index (χ4n) is 2.86. The molecule has 1 amide bonds. The molecule has 4 atom stereocenters. The standard InChI is InChI=1S/C14H28N2O/c1-9(2)8-11(4)16-14(17)12-7-5-6-10(3)13(12)15/h9-13H,5-8,15H2,1-4H3,(H,16,17). The molecule has 3 nitrogen and oxygen atoms in total. The quantitative estimate of drug-likeness (QED) is 0.792. The topological polar surface area (TPSA) is 55.1 Å². The largest absolute Gasteiger partial charge is 0.353 e. The highest BCUT2D eigenvalue weighted by atomic mass is 16.2. The van der Waals surface area contributed by atoms with E-state index in [0.717, 1.165) is 25.7 Å². The molecule has 1 aliphatic rings. The minimum Gasteiger partial charge on any atom is -0.353 e. The van der Waals surface area contributed by atoms with Gasteiger partial charge in [0.1, 0.15) is 0 Å². The first-order valence-corrected chi connectivity index (χ1v) is 6.97. The van der Waals surface area contributed by atoms with Crippen LogP contribution in [0.5, 0.6) is 0 Å². The van der Waals surface area contributed by atoms with E-state index in [0.29, 0.717) is 11.8 Å². The normalized spacial score (nSPS) is 31.3. The molecule has 0 aromatic heterocycles. The molecule has 0 aromatic carbocycles. The Kier molecular flexibility index (Phi) is 5.44. The summed E-state index contributed by atoms with van der Waals surface area (Å²) in [6.07, 6.45) is 4.27. The number of hydrogen-bond donors (Lipinski definition) is 2. The monoisotopic (exact) mass is 240 g/mol. The fraction of sp³-hybridized carbons (Fsp3) is 0.929. The third-order valence-electron chi connectivity index (χ3n) is 3.85. The van der Waals surface area contributed by atoms with Gasteiger partial charge in [0.15, 0.2) is 0 Å². The molecule has 0 aliphatic heterocycles. The minimum atomic E-state index is 0.0216. The molecule has 0 heterocycles. The van der Waals surface area contributed by atoms with E-state index < -0.39 is 0 Å². The van der Waals surface area contributed by atoms with E-state index in [1.807, 2.05) is 0 Å². The van der Waals surface area contributed by atoms with Gasteiger partial charge in [-0.05, 0) is 38.0 Å². The van der Waals surface area contributed by atoms with Crippen molar-refractivity contribution in [2.75, 3.05) is 0 Å². The van der Waals surface area contributed by atoms with Gasteiger partial charge in [0.25, 0.3) is 0 Å². The van der Waals surface area contributed by atoms with E-state index in [1.165, 1.54) is 0 Å². The molecule has 1 rings (SSSR count). The Hall–Kier alpha value is -0.570. The van der Waals surface area contributed by atoms with Crippen LogP contribution >= 0.6 is 0 Å². The molecule has 17 heavy (non-hydrogen) atoms. The van der Waals surface area contributed by atoms with Crippen molar-refractivity contribution < 1.29 is 4.79 Å². The van der Waals surface area contributed by atoms with Crippen LogP contribution in [-0.2, 0) is 4.79 Å². The van der Waals surface area contributed by atoms with Crippen LogP contribution in [0, 0.1) is 17.8 Å². The van der Waals surface area contributed by atoms with Gasteiger partial charge in [-0.1, -0.05) is 27.2 Å². The summed E-state index contributed by atoms with van der Waals surface area (Å²) < 4.78 is 0. The van der Waals surface area contributed by atoms with E-state index in [9.17, 15) is 4.79 Å². The third kappa shape index (κ3) is 4.30. The highest BCUT2D eigenvalue weighted by Gasteiger charge is 2.33. The predicted molar refractivity (Wildman–Crippen MR) is 71.5 cm³/mol. The lowest BCUT2D eigenvalue weighted by Crippen LogP contribution is -2.49. The molecular formula is C14H28N2O. The number of carbonyl (C=O) groups excluding carboxylic acids is 1. The lowest BCUT2D eigenvalue weighted by molar-refractivity contribution is -0.127. The SMILES string of the molecule is CC(C)CC(C)NC(=O)C1CCCC(C)C1N. The summed E-state index contributed by atoms with van der Waals surface area (Å²) in [5.41, 5.74) is 6.14. The molecule has 3 N–H and O–H groups in total. The Balaban J connectivity index is 2.46. The third-order valence-corrected chi connectivity index (χ3v) is 3.85. The van der Waals surface area contributed by atoms with Crippen molar-refractivity contribution in [2.24, 2.45) is 23.5 Å². The van der Waals surface area contributed by atoms with E-state index in [1.54, 1.807) is 0 Å². The summed E-state index contributed by atoms with van der Waals surface area (Å²) in [6, 6.07) is 0.293. The highest BCUT2D eigenvalue weighted by molar-refractivity contribution is 5.79. The van der Waals surface area contributed by atoms with Crippen molar-refractivity contribution in [1.82, 2.24) is 5.32 Å². The lowest BCUT2D eigenvalue weighted by Gasteiger charge is -2.33. The van der Waals surface area contributed by atoms with Gasteiger partial charge in [0.2, 0.25) is 5.91 Å². The van der Waals surface area contributed by atoms with Crippen molar-refractivity contribution in [2.45, 2.75) is 65.5 Å². The zero-order valence-electron chi connectivity index (χ0n) is 11.7. The Bertz CT molecular complexity index is 253. The van der Waals surface area contributed by atoms with Crippen LogP contribution in [0.1, 0.15) is 53.4 Å². The van der Waals surface area contributed by atoms with Gasteiger partial charge in [-0.2, -0.15) is 0 Å². The van der Waals surface area contributed by atoms with Crippen LogP contribution < -0.4 is 11.1 Å². The Morgan fingerprint density at radius 2 is 2.00 bits per heavy atom. The number of amides is 1. The van der Waals surface area contributed by atoms with Crippen LogP contribution in [0.4, 0.5) is 0 Å². The second kappa shape index (κ2) is 6.39. The van der Waals surface area contributed by atoms with E-state index >= 15 is 0 Å². The summed E-state index contributed by atoms with van der Waals surface area (Å²) in [5, 5.41) is 3.11. The first-order chi connectivity index (χ1) is 7.91. The lowest BCUT2D eigenvalue weighted by atomic mass is 9.77. The Labute approximate surface area is 106 Å². The Morgan fingerprint density at radius 1 is 1.35 bits per heavy atom. The summed E-state index contributed by atoms with van der Waals surface area (Å²) >= 11 is 0. The van der Waals surface area contributed by atoms with E-state index in [2.05, 4.69) is 33.0 Å². The summed E-state index contributed by atoms with van der Waals surface area (Å²) in [7, 11) is 0. The fourth-order valence-corrected chi connectivity index (χ4v) is 2.86. The maximum Gasteiger partial charge on any atom is 0.224 e. The second-order valence-electron chi connectivity index (χ2n) is 6.13. The van der Waals surface area contributed by atoms with Gasteiger partial charge in [-0.3, -0.25) is 4.79 Å². The van der Waals surface area contributed by atoms with Crippen LogP contribution in [0.15, 0.2) is 0 Å². The molecule has 0 radical (unpaired) electrons. The van der Waals surface area contributed by atoms with Crippen molar-refractivity contribution >= 4 is 5.91 Å². The number of carbonyl (C=O) groups is 1. The van der Waals surface area contributed by atoms with Gasteiger partial charge >= 0.3 is 0 Å². The zero-order chi connectivity index (χ0) is 13.0. The summed E-state index contributed by atoms with van der Waals surface area (Å²) in [6.45, 7) is 8.59. The van der Waals surface area contributed by atoms with Gasteiger partial charge in [0.05, 0.1) is 5.92 Å². The van der Waals surface area contributed by atoms with Crippen molar-refractivity contribution in [1.29, 1.82) is 0 Å². The smallest absolute Gasteiger partial charge is 0.224 e. The van der Waals surface area contributed by atoms with E-state index in [4.69, 9.17) is 5.73 Å². The molecule has 100 valence electrons. The number of nitrogens with two attached hydrogens (primary N) is 1. The Morgan fingerprint density at radius 3 is 2.59 bits per heavy atom. The molecule has 1 aliphatic carbocycles. The van der Waals surface area contributed by atoms with Crippen LogP contribution in [0.25, 0.3) is 0 Å². The minimum absolute atomic E-state index is 0.0216. The molecular weight excluding hydrogens is 212 g/mol. The molecule has 3 heteroatoms. The van der Waals surface area contributed by atoms with Gasteiger partial charge in [-0.25, -0.2) is 0 Å². The molecule has 1 fully saturated rings. The van der Waals surface area contributed by atoms with Crippen LogP contribution in [0.3, 0.4) is 0 Å². The van der Waals surface area contributed by atoms with Crippen LogP contribution in [-0.4, -0.2) is 18.0 Å². The number of nitrogens with one attached hydrogen (secondary N) is 1. The molecule has 1 saturated carbocycles. The highest BCUT2D eigenvalue weighted by Crippen LogP contribution is 2.28. The summed E-state index contributed by atoms with van der Waals surface area (Å²) in [4.78, 5) is 12.2. The van der Waals surface area contributed by atoms with E-state index in [-0.39, 0.29) is 23.9 Å². The zero-order valence-corrected chi connectivity index (χ0v) is 11.7. The summed E-state index contributed by atoms with van der Waals surface area (Å²) in [5.74, 6) is 1.27. The van der Waals surface area contributed by atoms with Gasteiger partial charge < -0.3 is 11.1 Å². The molecule has 0 aromatic rings. The van der Waals surface area contributed by atoms with Gasteiger partial charge in [-0.15, -0.1) is 0 Å². The first-order valence-electron chi connectivity index (χ1n) is 6.97. The first kappa shape index (κ1) is 14.5. The maximum atomic E-state index is 12.2. The molecule has 0 spiro atoms. The van der Waals surface area contributed by atoms with Crippen molar-refractivity contribution in [3.63, 3.8) is 0 Å². The predicted octanol–water partition coefficient (Wildman–Crippen LogP) is 2.30. The number of hydrogen-bond acceptors (Lipinski definition) is 2. The second-order valence-corrected chi connectivity index (χ2v) is 6.13. The number of rotatable bonds is 4. The average Bonchev–Trinajstić information content (AvgIpc) is 2.20. The molecule has 0 bridgehead atoms. The van der Waals surface area contributed by atoms with Crippen molar-refractivity contribution in [3.05, 3.63) is 0 Å². The molecule has 0 saturated heterocycles. The maximum absolute atomic E-state index is 12.2.